The monoisotopic (exact) mass is 383 g/mol. The van der Waals surface area contributed by atoms with Crippen molar-refractivity contribution in [2.45, 2.75) is 26.3 Å². The second-order valence-electron chi connectivity index (χ2n) is 6.21. The van der Waals surface area contributed by atoms with Crippen LogP contribution in [0.25, 0.3) is 5.69 Å². The number of carbonyl (C=O) groups excluding carboxylic acids is 1. The predicted molar refractivity (Wildman–Crippen MR) is 107 cm³/mol. The number of methoxy groups -OCH3 is 1. The molecule has 140 valence electrons. The zero-order chi connectivity index (χ0) is 19.4. The summed E-state index contributed by atoms with van der Waals surface area (Å²) in [4.78, 5) is 12.9. The van der Waals surface area contributed by atoms with Crippen LogP contribution in [-0.2, 0) is 0 Å². The van der Waals surface area contributed by atoms with Gasteiger partial charge in [0.15, 0.2) is 0 Å². The van der Waals surface area contributed by atoms with Gasteiger partial charge in [-0.15, -0.1) is 0 Å². The Morgan fingerprint density at radius 1 is 1.26 bits per heavy atom. The normalized spacial score (nSPS) is 11.9. The van der Waals surface area contributed by atoms with Crippen molar-refractivity contribution >= 4 is 17.5 Å². The highest BCUT2D eigenvalue weighted by molar-refractivity contribution is 6.30. The Morgan fingerprint density at radius 2 is 2.04 bits per heavy atom. The Kier molecular flexibility index (Phi) is 5.81. The van der Waals surface area contributed by atoms with Crippen LogP contribution in [0.2, 0.25) is 5.02 Å². The van der Waals surface area contributed by atoms with Gasteiger partial charge in [0, 0.05) is 10.6 Å². The molecule has 0 radical (unpaired) electrons. The first kappa shape index (κ1) is 19.0. The Hall–Kier alpha value is -2.79. The number of nitrogens with zero attached hydrogens (tertiary/aromatic N) is 2. The van der Waals surface area contributed by atoms with E-state index < -0.39 is 0 Å². The van der Waals surface area contributed by atoms with E-state index in [1.807, 2.05) is 56.3 Å². The SMILES string of the molecule is CCC(NC(=O)c1cnn(-c2cccc(Cl)c2)c1C)c1ccccc1OC. The highest BCUT2D eigenvalue weighted by Crippen LogP contribution is 2.27. The second kappa shape index (κ2) is 8.27. The van der Waals surface area contributed by atoms with E-state index in [4.69, 9.17) is 16.3 Å². The molecule has 0 bridgehead atoms. The Balaban J connectivity index is 1.86. The number of rotatable bonds is 6. The third-order valence-electron chi connectivity index (χ3n) is 4.54. The van der Waals surface area contributed by atoms with Gasteiger partial charge in [-0.25, -0.2) is 4.68 Å². The largest absolute Gasteiger partial charge is 0.496 e. The minimum Gasteiger partial charge on any atom is -0.496 e. The van der Waals surface area contributed by atoms with Crippen molar-refractivity contribution in [1.29, 1.82) is 0 Å². The van der Waals surface area contributed by atoms with Gasteiger partial charge >= 0.3 is 0 Å². The van der Waals surface area contributed by atoms with Crippen LogP contribution < -0.4 is 10.1 Å². The van der Waals surface area contributed by atoms with E-state index >= 15 is 0 Å². The van der Waals surface area contributed by atoms with E-state index in [2.05, 4.69) is 10.4 Å². The van der Waals surface area contributed by atoms with Crippen LogP contribution in [0.15, 0.2) is 54.7 Å². The van der Waals surface area contributed by atoms with Gasteiger partial charge < -0.3 is 10.1 Å². The highest BCUT2D eigenvalue weighted by Gasteiger charge is 2.21. The summed E-state index contributed by atoms with van der Waals surface area (Å²) < 4.78 is 7.15. The van der Waals surface area contributed by atoms with Crippen LogP contribution >= 0.6 is 11.6 Å². The van der Waals surface area contributed by atoms with Crippen LogP contribution in [0.4, 0.5) is 0 Å². The minimum atomic E-state index is -0.168. The highest BCUT2D eigenvalue weighted by atomic mass is 35.5. The predicted octanol–water partition coefficient (Wildman–Crippen LogP) is 4.72. The summed E-state index contributed by atoms with van der Waals surface area (Å²) in [6, 6.07) is 14.9. The topological polar surface area (TPSA) is 56.2 Å². The number of ether oxygens (including phenoxy) is 1. The molecule has 0 spiro atoms. The molecule has 1 N–H and O–H groups in total. The first-order valence-corrected chi connectivity index (χ1v) is 9.17. The quantitative estimate of drug-likeness (QED) is 0.669. The average Bonchev–Trinajstić information content (AvgIpc) is 3.07. The number of amides is 1. The molecule has 6 heteroatoms. The number of aromatic nitrogens is 2. The number of para-hydroxylation sites is 1. The number of benzene rings is 2. The lowest BCUT2D eigenvalue weighted by Crippen LogP contribution is -2.28. The second-order valence-corrected chi connectivity index (χ2v) is 6.65. The van der Waals surface area contributed by atoms with Gasteiger partial charge in [0.2, 0.25) is 0 Å². The summed E-state index contributed by atoms with van der Waals surface area (Å²) in [5, 5.41) is 8.07. The summed E-state index contributed by atoms with van der Waals surface area (Å²) in [5.41, 5.74) is 3.06. The number of halogens is 1. The molecule has 3 rings (SSSR count). The molecule has 0 aliphatic rings. The first-order chi connectivity index (χ1) is 13.0. The van der Waals surface area contributed by atoms with E-state index in [-0.39, 0.29) is 11.9 Å². The van der Waals surface area contributed by atoms with E-state index in [9.17, 15) is 4.79 Å². The zero-order valence-electron chi connectivity index (χ0n) is 15.6. The summed E-state index contributed by atoms with van der Waals surface area (Å²) >= 11 is 6.07. The third kappa shape index (κ3) is 3.98. The third-order valence-corrected chi connectivity index (χ3v) is 4.77. The first-order valence-electron chi connectivity index (χ1n) is 8.79. The van der Waals surface area contributed by atoms with Gasteiger partial charge in [0.25, 0.3) is 5.91 Å². The van der Waals surface area contributed by atoms with Crippen LogP contribution in [-0.4, -0.2) is 22.8 Å². The Morgan fingerprint density at radius 3 is 2.74 bits per heavy atom. The molecular formula is C21H22ClN3O2. The van der Waals surface area contributed by atoms with Crippen molar-refractivity contribution < 1.29 is 9.53 Å². The van der Waals surface area contributed by atoms with Crippen LogP contribution in [0.3, 0.4) is 0 Å². The molecule has 0 saturated carbocycles. The molecule has 5 nitrogen and oxygen atoms in total. The number of nitrogens with one attached hydrogen (secondary N) is 1. The molecule has 27 heavy (non-hydrogen) atoms. The maximum absolute atomic E-state index is 12.9. The van der Waals surface area contributed by atoms with Crippen molar-refractivity contribution in [3.8, 4) is 11.4 Å². The minimum absolute atomic E-state index is 0.150. The van der Waals surface area contributed by atoms with Gasteiger partial charge in [-0.3, -0.25) is 4.79 Å². The van der Waals surface area contributed by atoms with Gasteiger partial charge in [0.05, 0.1) is 36.3 Å². The fourth-order valence-corrected chi connectivity index (χ4v) is 3.28. The summed E-state index contributed by atoms with van der Waals surface area (Å²) in [6.45, 7) is 3.90. The fourth-order valence-electron chi connectivity index (χ4n) is 3.09. The molecule has 1 heterocycles. The van der Waals surface area contributed by atoms with Crippen molar-refractivity contribution in [1.82, 2.24) is 15.1 Å². The average molecular weight is 384 g/mol. The molecule has 1 unspecified atom stereocenters. The molecule has 0 fully saturated rings. The lowest BCUT2D eigenvalue weighted by molar-refractivity contribution is 0.0934. The number of hydrogen-bond donors (Lipinski definition) is 1. The summed E-state index contributed by atoms with van der Waals surface area (Å²) in [6.07, 6.45) is 2.33. The van der Waals surface area contributed by atoms with Crippen molar-refractivity contribution in [2.24, 2.45) is 0 Å². The van der Waals surface area contributed by atoms with E-state index in [1.54, 1.807) is 24.1 Å². The molecule has 0 aliphatic heterocycles. The van der Waals surface area contributed by atoms with E-state index in [0.717, 1.165) is 29.1 Å². The smallest absolute Gasteiger partial charge is 0.255 e. The molecule has 1 aromatic heterocycles. The van der Waals surface area contributed by atoms with Crippen LogP contribution in [0, 0.1) is 6.92 Å². The standard InChI is InChI=1S/C21H22ClN3O2/c1-4-19(17-10-5-6-11-20(17)27-3)24-21(26)18-13-23-25(14(18)2)16-9-7-8-15(22)12-16/h5-13,19H,4H2,1-3H3,(H,24,26). The van der Waals surface area contributed by atoms with Gasteiger partial charge in [-0.2, -0.15) is 5.10 Å². The fraction of sp³-hybridized carbons (Fsp3) is 0.238. The lowest BCUT2D eigenvalue weighted by Gasteiger charge is -2.20. The van der Waals surface area contributed by atoms with E-state index in [1.165, 1.54) is 0 Å². The molecule has 2 aromatic carbocycles. The molecular weight excluding hydrogens is 362 g/mol. The number of carbonyl (C=O) groups is 1. The van der Waals surface area contributed by atoms with Crippen LogP contribution in [0.5, 0.6) is 5.75 Å². The maximum atomic E-state index is 12.9. The summed E-state index contributed by atoms with van der Waals surface area (Å²) in [7, 11) is 1.63. The van der Waals surface area contributed by atoms with Crippen LogP contribution in [0.1, 0.15) is 41.0 Å². The molecule has 1 atom stereocenters. The lowest BCUT2D eigenvalue weighted by atomic mass is 10.0. The van der Waals surface area contributed by atoms with Gasteiger partial charge in [-0.05, 0) is 37.6 Å². The van der Waals surface area contributed by atoms with Crippen molar-refractivity contribution in [3.05, 3.63) is 76.6 Å². The maximum Gasteiger partial charge on any atom is 0.255 e. The van der Waals surface area contributed by atoms with Crippen molar-refractivity contribution in [2.75, 3.05) is 7.11 Å². The number of hydrogen-bond acceptors (Lipinski definition) is 3. The molecule has 3 aromatic rings. The van der Waals surface area contributed by atoms with E-state index in [0.29, 0.717) is 10.6 Å². The molecule has 0 aliphatic carbocycles. The van der Waals surface area contributed by atoms with Crippen molar-refractivity contribution in [3.63, 3.8) is 0 Å². The van der Waals surface area contributed by atoms with Gasteiger partial charge in [0.1, 0.15) is 5.75 Å². The Bertz CT molecular complexity index is 952. The zero-order valence-corrected chi connectivity index (χ0v) is 16.3. The van der Waals surface area contributed by atoms with Gasteiger partial charge in [-0.1, -0.05) is 42.8 Å². The summed E-state index contributed by atoms with van der Waals surface area (Å²) in [5.74, 6) is 0.592. The molecule has 0 saturated heterocycles. The molecule has 1 amide bonds. The Labute approximate surface area is 163 Å².